The highest BCUT2D eigenvalue weighted by molar-refractivity contribution is 5.52. The van der Waals surface area contributed by atoms with Crippen molar-refractivity contribution in [3.05, 3.63) is 29.6 Å². The number of piperazine rings is 1. The topological polar surface area (TPSA) is 15.3 Å². The maximum atomic E-state index is 14.3. The van der Waals surface area contributed by atoms with Crippen LogP contribution in [0.5, 0.6) is 0 Å². The Bertz CT molecular complexity index is 480. The van der Waals surface area contributed by atoms with Gasteiger partial charge >= 0.3 is 0 Å². The van der Waals surface area contributed by atoms with Gasteiger partial charge < -0.3 is 10.2 Å². The molecule has 3 heteroatoms. The van der Waals surface area contributed by atoms with Gasteiger partial charge in [-0.25, -0.2) is 4.39 Å². The van der Waals surface area contributed by atoms with Crippen LogP contribution in [0.4, 0.5) is 10.1 Å². The zero-order valence-corrected chi connectivity index (χ0v) is 12.6. The molecule has 1 saturated heterocycles. The number of hydrogen-bond donors (Lipinski definition) is 1. The van der Waals surface area contributed by atoms with E-state index in [0.29, 0.717) is 6.04 Å². The molecule has 1 heterocycles. The van der Waals surface area contributed by atoms with Crippen LogP contribution in [0.3, 0.4) is 0 Å². The molecule has 1 N–H and O–H groups in total. The Hall–Kier alpha value is -1.09. The minimum atomic E-state index is -0.0795. The summed E-state index contributed by atoms with van der Waals surface area (Å²) in [6.45, 7) is 6.16. The number of nitrogens with zero attached hydrogens (tertiary/aromatic N) is 1. The highest BCUT2D eigenvalue weighted by Crippen LogP contribution is 2.36. The number of aryl methyl sites for hydroxylation is 1. The van der Waals surface area contributed by atoms with E-state index in [2.05, 4.69) is 17.1 Å². The summed E-state index contributed by atoms with van der Waals surface area (Å²) in [6.07, 6.45) is 6.11. The van der Waals surface area contributed by atoms with E-state index in [1.165, 1.54) is 25.7 Å². The van der Waals surface area contributed by atoms with Crippen molar-refractivity contribution in [2.75, 3.05) is 18.0 Å². The monoisotopic (exact) mass is 276 g/mol. The van der Waals surface area contributed by atoms with E-state index in [0.717, 1.165) is 30.8 Å². The van der Waals surface area contributed by atoms with E-state index in [4.69, 9.17) is 0 Å². The summed E-state index contributed by atoms with van der Waals surface area (Å²) in [7, 11) is 0. The largest absolute Gasteiger partial charge is 0.363 e. The summed E-state index contributed by atoms with van der Waals surface area (Å²) < 4.78 is 14.3. The molecule has 2 aliphatic rings. The normalized spacial score (nSPS) is 25.4. The predicted octanol–water partition coefficient (Wildman–Crippen LogP) is 3.64. The molecule has 0 radical (unpaired) electrons. The first-order valence-corrected chi connectivity index (χ1v) is 7.91. The second-order valence-electron chi connectivity index (χ2n) is 6.51. The van der Waals surface area contributed by atoms with Crippen LogP contribution < -0.4 is 10.2 Å². The Balaban J connectivity index is 1.92. The van der Waals surface area contributed by atoms with Crippen LogP contribution in [0, 0.1) is 12.7 Å². The van der Waals surface area contributed by atoms with Crippen molar-refractivity contribution in [1.82, 2.24) is 5.32 Å². The molecule has 0 aromatic heterocycles. The molecule has 1 aromatic carbocycles. The van der Waals surface area contributed by atoms with Crippen LogP contribution in [0.1, 0.15) is 44.6 Å². The molecule has 2 fully saturated rings. The van der Waals surface area contributed by atoms with E-state index in [9.17, 15) is 4.39 Å². The number of rotatable bonds is 2. The average Bonchev–Trinajstić information content (AvgIpc) is 2.90. The van der Waals surface area contributed by atoms with E-state index in [1.54, 1.807) is 6.07 Å². The summed E-state index contributed by atoms with van der Waals surface area (Å²) >= 11 is 0. The number of anilines is 1. The van der Waals surface area contributed by atoms with Crippen molar-refractivity contribution >= 4 is 5.69 Å². The minimum absolute atomic E-state index is 0.0795. The maximum Gasteiger partial charge on any atom is 0.146 e. The van der Waals surface area contributed by atoms with Gasteiger partial charge in [-0.3, -0.25) is 0 Å². The second-order valence-corrected chi connectivity index (χ2v) is 6.51. The Labute approximate surface area is 121 Å². The Morgan fingerprint density at radius 1 is 1.35 bits per heavy atom. The summed E-state index contributed by atoms with van der Waals surface area (Å²) in [5, 5.41) is 3.77. The highest BCUT2D eigenvalue weighted by Gasteiger charge is 2.41. The summed E-state index contributed by atoms with van der Waals surface area (Å²) in [6, 6.07) is 5.87. The molecule has 1 saturated carbocycles. The summed E-state index contributed by atoms with van der Waals surface area (Å²) in [5.74, 6) is -0.0795. The lowest BCUT2D eigenvalue weighted by Crippen LogP contribution is -2.63. The standard InChI is InChI=1S/C17H25FN2/c1-3-14-11-19-17(8-4-5-9-17)12-20(14)16-10-13(2)6-7-15(16)18/h6-7,10,14,19H,3-5,8-9,11-12H2,1-2H3. The SMILES string of the molecule is CCC1CNC2(CCCC2)CN1c1cc(C)ccc1F. The third-order valence-corrected chi connectivity index (χ3v) is 5.07. The second kappa shape index (κ2) is 5.36. The van der Waals surface area contributed by atoms with Crippen LogP contribution in [-0.4, -0.2) is 24.7 Å². The van der Waals surface area contributed by atoms with Crippen molar-refractivity contribution in [1.29, 1.82) is 0 Å². The average molecular weight is 276 g/mol. The lowest BCUT2D eigenvalue weighted by atomic mass is 9.91. The molecule has 2 nitrogen and oxygen atoms in total. The zero-order valence-electron chi connectivity index (χ0n) is 12.6. The van der Waals surface area contributed by atoms with Gasteiger partial charge in [0.25, 0.3) is 0 Å². The first-order chi connectivity index (χ1) is 9.63. The van der Waals surface area contributed by atoms with Crippen molar-refractivity contribution in [3.8, 4) is 0 Å². The number of hydrogen-bond acceptors (Lipinski definition) is 2. The van der Waals surface area contributed by atoms with Gasteiger partial charge in [0.05, 0.1) is 5.69 Å². The van der Waals surface area contributed by atoms with E-state index in [-0.39, 0.29) is 11.4 Å². The highest BCUT2D eigenvalue weighted by atomic mass is 19.1. The molecular formula is C17H25FN2. The Kier molecular flexibility index (Phi) is 3.72. The van der Waals surface area contributed by atoms with Crippen molar-refractivity contribution in [3.63, 3.8) is 0 Å². The number of halogens is 1. The van der Waals surface area contributed by atoms with Gasteiger partial charge in [-0.1, -0.05) is 25.8 Å². The van der Waals surface area contributed by atoms with Crippen molar-refractivity contribution < 1.29 is 4.39 Å². The fourth-order valence-corrected chi connectivity index (χ4v) is 3.83. The van der Waals surface area contributed by atoms with Gasteiger partial charge in [0.1, 0.15) is 5.82 Å². The van der Waals surface area contributed by atoms with E-state index in [1.807, 2.05) is 19.1 Å². The number of nitrogens with one attached hydrogen (secondary N) is 1. The van der Waals surface area contributed by atoms with Gasteiger partial charge in [0.15, 0.2) is 0 Å². The molecule has 110 valence electrons. The fourth-order valence-electron chi connectivity index (χ4n) is 3.83. The van der Waals surface area contributed by atoms with E-state index < -0.39 is 0 Å². The first kappa shape index (κ1) is 13.9. The third-order valence-electron chi connectivity index (χ3n) is 5.07. The molecule has 1 aliphatic carbocycles. The van der Waals surface area contributed by atoms with Crippen LogP contribution in [0.2, 0.25) is 0 Å². The Morgan fingerprint density at radius 2 is 2.10 bits per heavy atom. The summed E-state index contributed by atoms with van der Waals surface area (Å²) in [4.78, 5) is 2.32. The molecule has 3 rings (SSSR count). The summed E-state index contributed by atoms with van der Waals surface area (Å²) in [5.41, 5.74) is 2.15. The molecule has 1 unspecified atom stereocenters. The third kappa shape index (κ3) is 2.44. The minimum Gasteiger partial charge on any atom is -0.363 e. The molecule has 1 aliphatic heterocycles. The maximum absolute atomic E-state index is 14.3. The van der Waals surface area contributed by atoms with Crippen LogP contribution in [0.25, 0.3) is 0 Å². The molecule has 1 aromatic rings. The van der Waals surface area contributed by atoms with Crippen molar-refractivity contribution in [2.45, 2.75) is 57.5 Å². The number of benzene rings is 1. The molecule has 0 amide bonds. The van der Waals surface area contributed by atoms with Crippen LogP contribution in [0.15, 0.2) is 18.2 Å². The molecule has 20 heavy (non-hydrogen) atoms. The van der Waals surface area contributed by atoms with Gasteiger partial charge in [-0.15, -0.1) is 0 Å². The van der Waals surface area contributed by atoms with E-state index >= 15 is 0 Å². The fraction of sp³-hybridized carbons (Fsp3) is 0.647. The lowest BCUT2D eigenvalue weighted by Gasteiger charge is -2.47. The smallest absolute Gasteiger partial charge is 0.146 e. The van der Waals surface area contributed by atoms with Crippen LogP contribution in [-0.2, 0) is 0 Å². The van der Waals surface area contributed by atoms with Crippen molar-refractivity contribution in [2.24, 2.45) is 0 Å². The molecule has 0 bridgehead atoms. The molecular weight excluding hydrogens is 251 g/mol. The first-order valence-electron chi connectivity index (χ1n) is 7.91. The van der Waals surface area contributed by atoms with Gasteiger partial charge in [0.2, 0.25) is 0 Å². The van der Waals surface area contributed by atoms with Gasteiger partial charge in [-0.2, -0.15) is 0 Å². The molecule has 1 atom stereocenters. The van der Waals surface area contributed by atoms with Gasteiger partial charge in [-0.05, 0) is 43.9 Å². The zero-order chi connectivity index (χ0) is 14.2. The van der Waals surface area contributed by atoms with Gasteiger partial charge in [0, 0.05) is 24.7 Å². The Morgan fingerprint density at radius 3 is 2.80 bits per heavy atom. The lowest BCUT2D eigenvalue weighted by molar-refractivity contribution is 0.266. The predicted molar refractivity (Wildman–Crippen MR) is 81.8 cm³/mol. The quantitative estimate of drug-likeness (QED) is 0.887. The molecule has 1 spiro atoms. The van der Waals surface area contributed by atoms with Crippen LogP contribution >= 0.6 is 0 Å².